The van der Waals surface area contributed by atoms with Crippen LogP contribution >= 0.6 is 0 Å². The van der Waals surface area contributed by atoms with Gasteiger partial charge in [0.2, 0.25) is 0 Å². The van der Waals surface area contributed by atoms with Crippen LogP contribution in [0, 0.1) is 0 Å². The summed E-state index contributed by atoms with van der Waals surface area (Å²) in [6.45, 7) is 12.9. The van der Waals surface area contributed by atoms with Crippen molar-refractivity contribution in [3.63, 3.8) is 0 Å². The minimum absolute atomic E-state index is 0. The van der Waals surface area contributed by atoms with Gasteiger partial charge in [-0.3, -0.25) is 0 Å². The largest absolute Gasteiger partial charge is 1.00 e. The van der Waals surface area contributed by atoms with Gasteiger partial charge in [-0.25, -0.2) is 0 Å². The predicted molar refractivity (Wildman–Crippen MR) is 321 cm³/mol. The first-order valence-corrected chi connectivity index (χ1v) is 29.1. The molecule has 76 heavy (non-hydrogen) atoms. The number of rotatable bonds is 8. The minimum Gasteiger partial charge on any atom is -1.00 e. The van der Waals surface area contributed by atoms with Gasteiger partial charge in [-0.05, 0) is 47.9 Å². The van der Waals surface area contributed by atoms with Crippen LogP contribution in [0.15, 0.2) is 243 Å². The molecule has 0 radical (unpaired) electrons. The molecule has 0 nitrogen and oxygen atoms in total. The second-order valence-electron chi connectivity index (χ2n) is 18.1. The Bertz CT molecular complexity index is 3120. The Hall–Kier alpha value is -5.71. The Morgan fingerprint density at radius 3 is 0.645 bits per heavy atom. The fourth-order valence-corrected chi connectivity index (χ4v) is 9.48. The average molecular weight is 1190 g/mol. The summed E-state index contributed by atoms with van der Waals surface area (Å²) >= 11 is 3.02. The van der Waals surface area contributed by atoms with Crippen molar-refractivity contribution < 1.29 is 73.3 Å². The zero-order chi connectivity index (χ0) is 52.1. The molecule has 0 aliphatic rings. The maximum absolute atomic E-state index is 2.32. The van der Waals surface area contributed by atoms with Gasteiger partial charge in [-0.15, -0.1) is 138 Å². The molecule has 0 atom stereocenters. The number of fused-ring (bicyclic) bond motifs is 4. The second-order valence-corrected chi connectivity index (χ2v) is 21.0. The topological polar surface area (TPSA) is 0 Å². The Kier molecular flexibility index (Phi) is 25.8. The van der Waals surface area contributed by atoms with Gasteiger partial charge in [0.15, 0.2) is 0 Å². The molecule has 0 aliphatic heterocycles. The van der Waals surface area contributed by atoms with Gasteiger partial charge in [-0.1, -0.05) is 196 Å². The van der Waals surface area contributed by atoms with Crippen molar-refractivity contribution in [1.82, 2.24) is 0 Å². The molecule has 0 unspecified atom stereocenters. The molecule has 4 heteroatoms. The molecule has 0 saturated heterocycles. The third-order valence-corrected chi connectivity index (χ3v) is 13.2. The number of benzene rings is 8. The summed E-state index contributed by atoms with van der Waals surface area (Å²) in [4.78, 5) is 0. The fourth-order valence-electron chi connectivity index (χ4n) is 9.48. The summed E-state index contributed by atoms with van der Waals surface area (Å²) in [5.74, 6) is 0. The van der Waals surface area contributed by atoms with Gasteiger partial charge in [-0.2, -0.15) is 24.3 Å². The number of halogens is 2. The SMILES string of the molecule is CCc1cc2c(-c3ccccc3)cccc2[cH-]1.CCc1cc2c(-c3ccccc3)cccc2[cH-]1.CCc1cc2c(-c3ccccc3)cccc2[cH-]1.CCc1cc2c(-c3ccccc3)cccc2[cH-]1.C[CH]=[Zr+2].C[CH]=[Zr+2].[Cl-].[Cl-]. The molecule has 0 bridgehead atoms. The minimum atomic E-state index is 0. The van der Waals surface area contributed by atoms with Gasteiger partial charge in [0.1, 0.15) is 0 Å². The van der Waals surface area contributed by atoms with E-state index in [9.17, 15) is 0 Å². The van der Waals surface area contributed by atoms with Crippen LogP contribution < -0.4 is 24.8 Å². The number of hydrogen-bond acceptors (Lipinski definition) is 0. The Labute approximate surface area is 495 Å². The van der Waals surface area contributed by atoms with E-state index in [4.69, 9.17) is 0 Å². The maximum Gasteiger partial charge on any atom is -1.00 e. The van der Waals surface area contributed by atoms with Gasteiger partial charge in [0.05, 0.1) is 0 Å². The maximum atomic E-state index is 2.32. The Morgan fingerprint density at radius 1 is 0.289 bits per heavy atom. The molecule has 0 aromatic heterocycles. The molecule has 12 aromatic rings. The van der Waals surface area contributed by atoms with Crippen molar-refractivity contribution in [2.75, 3.05) is 0 Å². The summed E-state index contributed by atoms with van der Waals surface area (Å²) in [5, 5.41) is 10.9. The number of aryl methyl sites for hydroxylation is 4. The van der Waals surface area contributed by atoms with Crippen molar-refractivity contribution in [2.45, 2.75) is 67.2 Å². The van der Waals surface area contributed by atoms with E-state index in [0.717, 1.165) is 25.7 Å². The molecule has 0 heterocycles. The van der Waals surface area contributed by atoms with Crippen molar-refractivity contribution in [2.24, 2.45) is 0 Å². The van der Waals surface area contributed by atoms with E-state index in [1.54, 1.807) is 0 Å². The fraction of sp³-hybridized carbons (Fsp3) is 0.139. The quantitative estimate of drug-likeness (QED) is 0.133. The van der Waals surface area contributed by atoms with E-state index < -0.39 is 0 Å². The molecule has 0 amide bonds. The van der Waals surface area contributed by atoms with Crippen LogP contribution in [0.1, 0.15) is 63.8 Å². The van der Waals surface area contributed by atoms with Gasteiger partial charge >= 0.3 is 69.7 Å². The summed E-state index contributed by atoms with van der Waals surface area (Å²) < 4.78 is 4.18. The standard InChI is InChI=1S/4C17H15.2C2H4.2ClH.2Zr/c4*1-2-13-11-15-9-6-10-16(17(15)12-13)14-7-4-3-5-8-14;2*1-2;;;;/h4*3-12H,2H2,1H3;2*1H,2H3;2*1H;;/q4*-1;;;;;2*+2/p-2. The van der Waals surface area contributed by atoms with E-state index >= 15 is 0 Å². The van der Waals surface area contributed by atoms with E-state index in [0.29, 0.717) is 0 Å². The van der Waals surface area contributed by atoms with E-state index in [1.165, 1.54) is 158 Å². The van der Waals surface area contributed by atoms with Crippen molar-refractivity contribution >= 4 is 50.5 Å². The van der Waals surface area contributed by atoms with E-state index in [-0.39, 0.29) is 24.8 Å². The summed E-state index contributed by atoms with van der Waals surface area (Å²) in [6.07, 6.45) is 4.40. The molecule has 12 aromatic carbocycles. The van der Waals surface area contributed by atoms with Crippen molar-refractivity contribution in [3.05, 3.63) is 265 Å². The molecule has 0 aliphatic carbocycles. The van der Waals surface area contributed by atoms with Crippen LogP contribution in [-0.4, -0.2) is 7.42 Å². The third-order valence-electron chi connectivity index (χ3n) is 13.2. The van der Waals surface area contributed by atoms with Crippen LogP contribution in [0.4, 0.5) is 0 Å². The van der Waals surface area contributed by atoms with E-state index in [2.05, 4.69) is 278 Å². The molecule has 0 spiro atoms. The monoisotopic (exact) mass is 1180 g/mol. The first-order chi connectivity index (χ1) is 36.4. The number of hydrogen-bond donors (Lipinski definition) is 0. The molecular weight excluding hydrogens is 1120 g/mol. The van der Waals surface area contributed by atoms with Crippen LogP contribution in [-0.2, 0) is 74.2 Å². The Morgan fingerprint density at radius 2 is 0.474 bits per heavy atom. The van der Waals surface area contributed by atoms with Crippen LogP contribution in [0.5, 0.6) is 0 Å². The molecule has 0 N–H and O–H groups in total. The second kappa shape index (κ2) is 32.1. The van der Waals surface area contributed by atoms with Crippen LogP contribution in [0.25, 0.3) is 87.6 Å². The molecular formula is C72H68Cl2Zr2-2. The zero-order valence-electron chi connectivity index (χ0n) is 44.8. The third kappa shape index (κ3) is 16.2. The normalized spacial score (nSPS) is 10.1. The first-order valence-electron chi connectivity index (χ1n) is 26.2. The van der Waals surface area contributed by atoms with Crippen molar-refractivity contribution in [1.29, 1.82) is 0 Å². The van der Waals surface area contributed by atoms with E-state index in [1.807, 2.05) is 13.8 Å². The molecule has 0 saturated carbocycles. The van der Waals surface area contributed by atoms with Crippen molar-refractivity contribution in [3.8, 4) is 44.5 Å². The average Bonchev–Trinajstić information content (AvgIpc) is 4.29. The van der Waals surface area contributed by atoms with Gasteiger partial charge in [0.25, 0.3) is 0 Å². The van der Waals surface area contributed by atoms with Crippen LogP contribution in [0.3, 0.4) is 0 Å². The molecule has 0 fully saturated rings. The molecule has 12 rings (SSSR count). The predicted octanol–water partition coefficient (Wildman–Crippen LogP) is 13.9. The summed E-state index contributed by atoms with van der Waals surface area (Å²) in [7, 11) is 0. The molecule has 380 valence electrons. The summed E-state index contributed by atoms with van der Waals surface area (Å²) in [6, 6.07) is 87.0. The van der Waals surface area contributed by atoms with Gasteiger partial charge < -0.3 is 24.8 Å². The zero-order valence-corrected chi connectivity index (χ0v) is 51.3. The van der Waals surface area contributed by atoms with Crippen LogP contribution in [0.2, 0.25) is 0 Å². The Balaban J connectivity index is 0.000000179. The summed E-state index contributed by atoms with van der Waals surface area (Å²) in [5.41, 5.74) is 16.2. The van der Waals surface area contributed by atoms with Gasteiger partial charge in [0, 0.05) is 0 Å². The smallest absolute Gasteiger partial charge is 1.00 e. The first kappa shape index (κ1) is 61.1.